The Morgan fingerprint density at radius 3 is 3.20 bits per heavy atom. The molecule has 1 aromatic rings. The highest BCUT2D eigenvalue weighted by molar-refractivity contribution is 5.68. The maximum absolute atomic E-state index is 9.82. The van der Waals surface area contributed by atoms with Crippen LogP contribution in [-0.2, 0) is 4.79 Å². The molecule has 0 saturated heterocycles. The molecule has 0 saturated carbocycles. The average molecular weight is 136 g/mol. The molecule has 1 rings (SSSR count). The van der Waals surface area contributed by atoms with E-state index >= 15 is 0 Å². The number of nitriles is 1. The molecule has 0 aliphatic heterocycles. The molecule has 0 atom stereocenters. The number of nitrogens with one attached hydrogen (secondary N) is 2. The molecule has 1 aromatic heterocycles. The summed E-state index contributed by atoms with van der Waals surface area (Å²) in [6, 6.07) is 3.27. The van der Waals surface area contributed by atoms with E-state index in [0.717, 1.165) is 0 Å². The van der Waals surface area contributed by atoms with Crippen LogP contribution in [0.5, 0.6) is 0 Å². The second-order valence-electron chi connectivity index (χ2n) is 1.54. The molecule has 0 spiro atoms. The predicted molar refractivity (Wildman–Crippen MR) is 33.0 cm³/mol. The summed E-state index contributed by atoms with van der Waals surface area (Å²) in [6.45, 7) is 0. The minimum atomic E-state index is 0.323. The van der Waals surface area contributed by atoms with Gasteiger partial charge in [-0.25, -0.2) is 0 Å². The van der Waals surface area contributed by atoms with E-state index in [4.69, 9.17) is 5.26 Å². The standard InChI is InChI=1S/C5H4N4O/c6-2-4-1-5(7-3-10)9-8-4/h1,3H,(H2,7,8,9,10). The first-order chi connectivity index (χ1) is 4.86. The van der Waals surface area contributed by atoms with Gasteiger partial charge in [0.25, 0.3) is 0 Å². The van der Waals surface area contributed by atoms with Crippen LogP contribution in [-0.4, -0.2) is 16.6 Å². The van der Waals surface area contributed by atoms with Crippen LogP contribution in [0.25, 0.3) is 0 Å². The number of H-pyrrole nitrogens is 1. The number of nitrogens with zero attached hydrogens (tertiary/aromatic N) is 2. The van der Waals surface area contributed by atoms with Crippen molar-refractivity contribution < 1.29 is 4.79 Å². The minimum absolute atomic E-state index is 0.323. The van der Waals surface area contributed by atoms with E-state index in [9.17, 15) is 4.79 Å². The van der Waals surface area contributed by atoms with Crippen molar-refractivity contribution in [1.29, 1.82) is 5.26 Å². The van der Waals surface area contributed by atoms with Crippen molar-refractivity contribution in [2.24, 2.45) is 0 Å². The van der Waals surface area contributed by atoms with Gasteiger partial charge in [-0.1, -0.05) is 0 Å². The van der Waals surface area contributed by atoms with Gasteiger partial charge in [0.05, 0.1) is 0 Å². The molecule has 0 bridgehead atoms. The van der Waals surface area contributed by atoms with Crippen molar-refractivity contribution >= 4 is 12.2 Å². The summed E-state index contributed by atoms with van der Waals surface area (Å²) in [5.41, 5.74) is 0.323. The smallest absolute Gasteiger partial charge is 0.212 e. The number of hydrogen-bond acceptors (Lipinski definition) is 3. The van der Waals surface area contributed by atoms with E-state index in [1.54, 1.807) is 0 Å². The highest BCUT2D eigenvalue weighted by Crippen LogP contribution is 2.01. The minimum Gasteiger partial charge on any atom is -0.312 e. The van der Waals surface area contributed by atoms with Crippen LogP contribution < -0.4 is 5.32 Å². The normalized spacial score (nSPS) is 8.30. The molecule has 0 aliphatic rings. The van der Waals surface area contributed by atoms with Crippen LogP contribution in [0.3, 0.4) is 0 Å². The molecule has 10 heavy (non-hydrogen) atoms. The van der Waals surface area contributed by atoms with Gasteiger partial charge in [0.2, 0.25) is 6.41 Å². The Morgan fingerprint density at radius 1 is 1.90 bits per heavy atom. The molecule has 5 heteroatoms. The maximum Gasteiger partial charge on any atom is 0.212 e. The summed E-state index contributed by atoms with van der Waals surface area (Å²) in [7, 11) is 0. The van der Waals surface area contributed by atoms with Gasteiger partial charge >= 0.3 is 0 Å². The molecule has 5 nitrogen and oxygen atoms in total. The third-order valence-electron chi connectivity index (χ3n) is 0.905. The third kappa shape index (κ3) is 1.11. The number of aromatic amines is 1. The lowest BCUT2D eigenvalue weighted by Gasteiger charge is -1.83. The Morgan fingerprint density at radius 2 is 2.70 bits per heavy atom. The van der Waals surface area contributed by atoms with Gasteiger partial charge < -0.3 is 5.32 Å². The number of carbonyl (C=O) groups excluding carboxylic acids is 1. The lowest BCUT2D eigenvalue weighted by Crippen LogP contribution is -1.92. The summed E-state index contributed by atoms with van der Waals surface area (Å²) in [4.78, 5) is 9.82. The molecule has 0 fully saturated rings. The number of hydrogen-bond donors (Lipinski definition) is 2. The number of aromatic nitrogens is 2. The summed E-state index contributed by atoms with van der Waals surface area (Å²) < 4.78 is 0. The zero-order valence-corrected chi connectivity index (χ0v) is 4.96. The molecule has 50 valence electrons. The van der Waals surface area contributed by atoms with Gasteiger partial charge in [-0.3, -0.25) is 9.89 Å². The molecule has 1 amide bonds. The zero-order chi connectivity index (χ0) is 7.40. The first-order valence-corrected chi connectivity index (χ1v) is 2.52. The van der Waals surface area contributed by atoms with Crippen LogP contribution in [0.2, 0.25) is 0 Å². The monoisotopic (exact) mass is 136 g/mol. The van der Waals surface area contributed by atoms with E-state index < -0.39 is 0 Å². The quantitative estimate of drug-likeness (QED) is 0.554. The summed E-state index contributed by atoms with van der Waals surface area (Å²) in [5, 5.41) is 16.6. The Kier molecular flexibility index (Phi) is 1.66. The van der Waals surface area contributed by atoms with Crippen molar-refractivity contribution in [1.82, 2.24) is 10.2 Å². The lowest BCUT2D eigenvalue weighted by molar-refractivity contribution is -0.105. The predicted octanol–water partition coefficient (Wildman–Crippen LogP) is -0.150. The van der Waals surface area contributed by atoms with E-state index in [-0.39, 0.29) is 0 Å². The van der Waals surface area contributed by atoms with E-state index in [1.165, 1.54) is 6.07 Å². The van der Waals surface area contributed by atoms with Gasteiger partial charge in [-0.15, -0.1) is 0 Å². The Balaban J connectivity index is 2.80. The fraction of sp³-hybridized carbons (Fsp3) is 0. The summed E-state index contributed by atoms with van der Waals surface area (Å²) in [5.74, 6) is 0.353. The molecule has 0 aliphatic carbocycles. The van der Waals surface area contributed by atoms with Gasteiger partial charge in [-0.2, -0.15) is 10.4 Å². The largest absolute Gasteiger partial charge is 0.312 e. The topological polar surface area (TPSA) is 81.6 Å². The van der Waals surface area contributed by atoms with Crippen molar-refractivity contribution in [3.8, 4) is 6.07 Å². The Labute approximate surface area is 56.7 Å². The van der Waals surface area contributed by atoms with Gasteiger partial charge in [-0.05, 0) is 0 Å². The molecule has 1 heterocycles. The van der Waals surface area contributed by atoms with Crippen molar-refractivity contribution in [2.75, 3.05) is 5.32 Å². The van der Waals surface area contributed by atoms with E-state index in [1.807, 2.05) is 6.07 Å². The number of amides is 1. The van der Waals surface area contributed by atoms with Gasteiger partial charge in [0.15, 0.2) is 5.82 Å². The molecular weight excluding hydrogens is 132 g/mol. The first-order valence-electron chi connectivity index (χ1n) is 2.52. The molecule has 0 aromatic carbocycles. The second kappa shape index (κ2) is 2.64. The van der Waals surface area contributed by atoms with Crippen molar-refractivity contribution in [3.63, 3.8) is 0 Å². The molecule has 0 radical (unpaired) electrons. The van der Waals surface area contributed by atoms with Crippen molar-refractivity contribution in [3.05, 3.63) is 11.8 Å². The Hall–Kier alpha value is -1.83. The third-order valence-corrected chi connectivity index (χ3v) is 0.905. The lowest BCUT2D eigenvalue weighted by atomic mass is 10.5. The highest BCUT2D eigenvalue weighted by atomic mass is 16.1. The van der Waals surface area contributed by atoms with Crippen LogP contribution in [0.1, 0.15) is 5.69 Å². The SMILES string of the molecule is N#Cc1cc(NC=O)n[nH]1. The summed E-state index contributed by atoms with van der Waals surface area (Å²) >= 11 is 0. The highest BCUT2D eigenvalue weighted by Gasteiger charge is 1.95. The molecule has 0 unspecified atom stereocenters. The number of rotatable bonds is 2. The zero-order valence-electron chi connectivity index (χ0n) is 4.96. The van der Waals surface area contributed by atoms with Crippen LogP contribution in [0.4, 0.5) is 5.82 Å². The summed E-state index contributed by atoms with van der Waals surface area (Å²) in [6.07, 6.45) is 0.497. The van der Waals surface area contributed by atoms with Crippen LogP contribution in [0.15, 0.2) is 6.07 Å². The van der Waals surface area contributed by atoms with Gasteiger partial charge in [0, 0.05) is 6.07 Å². The second-order valence-corrected chi connectivity index (χ2v) is 1.54. The van der Waals surface area contributed by atoms with Crippen LogP contribution >= 0.6 is 0 Å². The molecule has 2 N–H and O–H groups in total. The maximum atomic E-state index is 9.82. The number of carbonyl (C=O) groups is 1. The fourth-order valence-corrected chi connectivity index (χ4v) is 0.513. The Bertz CT molecular complexity index is 271. The first kappa shape index (κ1) is 6.29. The van der Waals surface area contributed by atoms with E-state index in [0.29, 0.717) is 17.9 Å². The van der Waals surface area contributed by atoms with E-state index in [2.05, 4.69) is 15.5 Å². The van der Waals surface area contributed by atoms with Gasteiger partial charge in [0.1, 0.15) is 11.8 Å². The van der Waals surface area contributed by atoms with Crippen LogP contribution in [0, 0.1) is 11.3 Å². The molecular formula is C5H4N4O. The number of anilines is 1. The van der Waals surface area contributed by atoms with Crippen molar-refractivity contribution in [2.45, 2.75) is 0 Å². The average Bonchev–Trinajstić information content (AvgIpc) is 2.37. The fourth-order valence-electron chi connectivity index (χ4n) is 0.513.